The van der Waals surface area contributed by atoms with Gasteiger partial charge in [0.05, 0.1) is 18.2 Å². The highest BCUT2D eigenvalue weighted by atomic mass is 16.1. The Morgan fingerprint density at radius 2 is 2.29 bits per heavy atom. The van der Waals surface area contributed by atoms with Gasteiger partial charge in [-0.25, -0.2) is 4.98 Å². The van der Waals surface area contributed by atoms with Crippen LogP contribution in [-0.4, -0.2) is 15.3 Å². The molecule has 3 heteroatoms. The molecule has 0 spiro atoms. The zero-order chi connectivity index (χ0) is 10.1. The molecule has 1 heterocycles. The summed E-state index contributed by atoms with van der Waals surface area (Å²) in [5.41, 5.74) is 1.83. The molecule has 1 saturated carbocycles. The minimum absolute atomic E-state index is 0.119. The first-order chi connectivity index (χ1) is 6.68. The number of hydrogen-bond acceptors (Lipinski definition) is 2. The van der Waals surface area contributed by atoms with Crippen molar-refractivity contribution in [2.45, 2.75) is 32.7 Å². The SMILES string of the molecule is CC(=O)C(C)=Cc1cncn1C1CC1. The van der Waals surface area contributed by atoms with Gasteiger partial charge in [0.1, 0.15) is 0 Å². The molecule has 0 radical (unpaired) electrons. The van der Waals surface area contributed by atoms with Gasteiger partial charge in [-0.05, 0) is 38.3 Å². The molecule has 74 valence electrons. The number of carbonyl (C=O) groups is 1. The highest BCUT2D eigenvalue weighted by molar-refractivity contribution is 5.96. The van der Waals surface area contributed by atoms with Gasteiger partial charge in [-0.2, -0.15) is 0 Å². The highest BCUT2D eigenvalue weighted by Gasteiger charge is 2.24. The molecular formula is C11H14N2O. The highest BCUT2D eigenvalue weighted by Crippen LogP contribution is 2.35. The minimum Gasteiger partial charge on any atom is -0.328 e. The van der Waals surface area contributed by atoms with Gasteiger partial charge in [0.2, 0.25) is 0 Å². The Kier molecular flexibility index (Phi) is 2.23. The molecule has 1 fully saturated rings. The van der Waals surface area contributed by atoms with Crippen LogP contribution in [0.5, 0.6) is 0 Å². The molecule has 0 amide bonds. The number of Topliss-reactive ketones (excluding diaryl/α,β-unsaturated/α-hetero) is 1. The lowest BCUT2D eigenvalue weighted by atomic mass is 10.2. The van der Waals surface area contributed by atoms with E-state index < -0.39 is 0 Å². The predicted molar refractivity (Wildman–Crippen MR) is 54.8 cm³/mol. The van der Waals surface area contributed by atoms with E-state index in [1.54, 1.807) is 6.92 Å². The van der Waals surface area contributed by atoms with E-state index in [2.05, 4.69) is 9.55 Å². The van der Waals surface area contributed by atoms with Crippen LogP contribution in [0.25, 0.3) is 6.08 Å². The van der Waals surface area contributed by atoms with Crippen molar-refractivity contribution in [1.29, 1.82) is 0 Å². The topological polar surface area (TPSA) is 34.9 Å². The number of rotatable bonds is 3. The zero-order valence-corrected chi connectivity index (χ0v) is 8.53. The lowest BCUT2D eigenvalue weighted by Gasteiger charge is -2.02. The fraction of sp³-hybridized carbons (Fsp3) is 0.455. The largest absolute Gasteiger partial charge is 0.328 e. The lowest BCUT2D eigenvalue weighted by molar-refractivity contribution is -0.113. The second-order valence-electron chi connectivity index (χ2n) is 3.84. The number of carbonyl (C=O) groups excluding carboxylic acids is 1. The monoisotopic (exact) mass is 190 g/mol. The van der Waals surface area contributed by atoms with E-state index in [1.807, 2.05) is 25.5 Å². The molecule has 1 aliphatic carbocycles. The van der Waals surface area contributed by atoms with Gasteiger partial charge in [0.25, 0.3) is 0 Å². The summed E-state index contributed by atoms with van der Waals surface area (Å²) in [4.78, 5) is 15.2. The third-order valence-electron chi connectivity index (χ3n) is 2.56. The van der Waals surface area contributed by atoms with E-state index in [4.69, 9.17) is 0 Å². The zero-order valence-electron chi connectivity index (χ0n) is 8.53. The van der Waals surface area contributed by atoms with E-state index in [9.17, 15) is 4.79 Å². The fourth-order valence-corrected chi connectivity index (χ4v) is 1.41. The van der Waals surface area contributed by atoms with Crippen molar-refractivity contribution in [1.82, 2.24) is 9.55 Å². The van der Waals surface area contributed by atoms with Crippen LogP contribution in [0.1, 0.15) is 38.4 Å². The molecule has 1 aromatic heterocycles. The van der Waals surface area contributed by atoms with Crippen LogP contribution in [0.15, 0.2) is 18.1 Å². The van der Waals surface area contributed by atoms with Crippen LogP contribution in [0.3, 0.4) is 0 Å². The Labute approximate surface area is 83.5 Å². The van der Waals surface area contributed by atoms with Gasteiger partial charge >= 0.3 is 0 Å². The van der Waals surface area contributed by atoms with Crippen molar-refractivity contribution in [3.63, 3.8) is 0 Å². The maximum atomic E-state index is 11.1. The van der Waals surface area contributed by atoms with Gasteiger partial charge in [-0.3, -0.25) is 4.79 Å². The molecule has 0 saturated heterocycles. The molecule has 1 aromatic rings. The van der Waals surface area contributed by atoms with Gasteiger partial charge in [0.15, 0.2) is 5.78 Å². The molecule has 0 aliphatic heterocycles. The van der Waals surface area contributed by atoms with Gasteiger partial charge in [0, 0.05) is 6.04 Å². The molecule has 0 aromatic carbocycles. The molecule has 0 unspecified atom stereocenters. The number of hydrogen-bond donors (Lipinski definition) is 0. The summed E-state index contributed by atoms with van der Waals surface area (Å²) in [6, 6.07) is 0.614. The van der Waals surface area contributed by atoms with Crippen LogP contribution >= 0.6 is 0 Å². The summed E-state index contributed by atoms with van der Waals surface area (Å²) >= 11 is 0. The summed E-state index contributed by atoms with van der Waals surface area (Å²) in [6.07, 6.45) is 8.03. The molecule has 0 bridgehead atoms. The first-order valence-electron chi connectivity index (χ1n) is 4.89. The molecule has 0 N–H and O–H groups in total. The van der Waals surface area contributed by atoms with Crippen LogP contribution < -0.4 is 0 Å². The van der Waals surface area contributed by atoms with Crippen LogP contribution in [0.2, 0.25) is 0 Å². The van der Waals surface area contributed by atoms with Gasteiger partial charge in [-0.15, -0.1) is 0 Å². The number of nitrogens with zero attached hydrogens (tertiary/aromatic N) is 2. The lowest BCUT2D eigenvalue weighted by Crippen LogP contribution is -1.97. The molecule has 1 aliphatic rings. The minimum atomic E-state index is 0.119. The second kappa shape index (κ2) is 3.40. The van der Waals surface area contributed by atoms with Crippen molar-refractivity contribution in [2.24, 2.45) is 0 Å². The Bertz CT molecular complexity index is 386. The van der Waals surface area contributed by atoms with E-state index in [0.717, 1.165) is 11.3 Å². The average Bonchev–Trinajstić information content (AvgIpc) is 2.88. The average molecular weight is 190 g/mol. The van der Waals surface area contributed by atoms with E-state index >= 15 is 0 Å². The van der Waals surface area contributed by atoms with E-state index in [1.165, 1.54) is 12.8 Å². The van der Waals surface area contributed by atoms with E-state index in [0.29, 0.717) is 6.04 Å². The first kappa shape index (κ1) is 9.19. The Morgan fingerprint density at radius 1 is 1.57 bits per heavy atom. The molecular weight excluding hydrogens is 176 g/mol. The van der Waals surface area contributed by atoms with Crippen LogP contribution in [0.4, 0.5) is 0 Å². The second-order valence-corrected chi connectivity index (χ2v) is 3.84. The standard InChI is InChI=1S/C11H14N2O/c1-8(9(2)14)5-11-6-12-7-13(11)10-3-4-10/h5-7,10H,3-4H2,1-2H3. The predicted octanol–water partition coefficient (Wildman–Crippen LogP) is 2.21. The number of imidazole rings is 1. The number of ketones is 1. The molecule has 3 nitrogen and oxygen atoms in total. The summed E-state index contributed by atoms with van der Waals surface area (Å²) in [5.74, 6) is 0.119. The van der Waals surface area contributed by atoms with E-state index in [-0.39, 0.29) is 5.78 Å². The van der Waals surface area contributed by atoms with Crippen molar-refractivity contribution in [3.8, 4) is 0 Å². The Morgan fingerprint density at radius 3 is 2.86 bits per heavy atom. The van der Waals surface area contributed by atoms with Gasteiger partial charge in [-0.1, -0.05) is 0 Å². The Hall–Kier alpha value is -1.38. The normalized spacial score (nSPS) is 17.1. The van der Waals surface area contributed by atoms with Gasteiger partial charge < -0.3 is 4.57 Å². The van der Waals surface area contributed by atoms with Crippen LogP contribution in [-0.2, 0) is 4.79 Å². The maximum Gasteiger partial charge on any atom is 0.155 e. The fourth-order valence-electron chi connectivity index (χ4n) is 1.41. The van der Waals surface area contributed by atoms with Crippen molar-refractivity contribution < 1.29 is 4.79 Å². The Balaban J connectivity index is 2.27. The molecule has 14 heavy (non-hydrogen) atoms. The van der Waals surface area contributed by atoms with Crippen LogP contribution in [0, 0.1) is 0 Å². The number of aromatic nitrogens is 2. The third kappa shape index (κ3) is 1.76. The summed E-state index contributed by atoms with van der Waals surface area (Å²) in [5, 5.41) is 0. The number of allylic oxidation sites excluding steroid dienone is 1. The summed E-state index contributed by atoms with van der Waals surface area (Å²) in [6.45, 7) is 3.43. The van der Waals surface area contributed by atoms with Crippen molar-refractivity contribution in [2.75, 3.05) is 0 Å². The first-order valence-corrected chi connectivity index (χ1v) is 4.89. The molecule has 2 rings (SSSR count). The quantitative estimate of drug-likeness (QED) is 0.685. The maximum absolute atomic E-state index is 11.1. The smallest absolute Gasteiger partial charge is 0.155 e. The third-order valence-corrected chi connectivity index (χ3v) is 2.56. The summed E-state index contributed by atoms with van der Waals surface area (Å²) < 4.78 is 2.15. The van der Waals surface area contributed by atoms with Crippen molar-refractivity contribution in [3.05, 3.63) is 23.8 Å². The summed E-state index contributed by atoms with van der Waals surface area (Å²) in [7, 11) is 0. The van der Waals surface area contributed by atoms with Crippen molar-refractivity contribution >= 4 is 11.9 Å². The molecule has 0 atom stereocenters.